The van der Waals surface area contributed by atoms with Crippen LogP contribution < -0.4 is 4.74 Å². The number of hydrogen-bond acceptors (Lipinski definition) is 3. The molecule has 0 amide bonds. The molecule has 0 unspecified atom stereocenters. The molecule has 1 aromatic rings. The van der Waals surface area contributed by atoms with Crippen molar-refractivity contribution in [2.45, 2.75) is 20.3 Å². The summed E-state index contributed by atoms with van der Waals surface area (Å²) in [6.45, 7) is 7.55. The quantitative estimate of drug-likeness (QED) is 0.308. The molecule has 3 nitrogen and oxygen atoms in total. The molecular formula is C23H21NO2. The number of carbonyl (C=O) groups excluding carboxylic acids is 1. The first kappa shape index (κ1) is 19.0. The van der Waals surface area contributed by atoms with Crippen LogP contribution in [0.25, 0.3) is 5.57 Å². The van der Waals surface area contributed by atoms with E-state index in [0.29, 0.717) is 23.3 Å². The summed E-state index contributed by atoms with van der Waals surface area (Å²) in [5.41, 5.74) is 3.98. The zero-order chi connectivity index (χ0) is 18.9. The van der Waals surface area contributed by atoms with Crippen LogP contribution in [-0.2, 0) is 4.79 Å². The Balaban J connectivity index is 2.08. The molecule has 3 heteroatoms. The van der Waals surface area contributed by atoms with Crippen LogP contribution in [0, 0.1) is 11.3 Å². The van der Waals surface area contributed by atoms with E-state index in [1.807, 2.05) is 56.4 Å². The van der Waals surface area contributed by atoms with Crippen molar-refractivity contribution < 1.29 is 9.53 Å². The van der Waals surface area contributed by atoms with E-state index in [9.17, 15) is 4.79 Å². The van der Waals surface area contributed by atoms with Gasteiger partial charge in [0.1, 0.15) is 5.75 Å². The number of ether oxygens (including phenoxy) is 1. The third-order valence-electron chi connectivity index (χ3n) is 3.86. The minimum atomic E-state index is -0.367. The van der Waals surface area contributed by atoms with Gasteiger partial charge < -0.3 is 4.74 Å². The van der Waals surface area contributed by atoms with Gasteiger partial charge in [-0.3, -0.25) is 0 Å². The number of hydrogen-bond donors (Lipinski definition) is 0. The van der Waals surface area contributed by atoms with E-state index in [2.05, 4.69) is 12.7 Å². The second kappa shape index (κ2) is 9.19. The largest absolute Gasteiger partial charge is 0.423 e. The van der Waals surface area contributed by atoms with Gasteiger partial charge in [-0.25, -0.2) is 4.79 Å². The summed E-state index contributed by atoms with van der Waals surface area (Å²) in [5, 5.41) is 8.77. The van der Waals surface area contributed by atoms with Gasteiger partial charge in [-0.1, -0.05) is 54.7 Å². The van der Waals surface area contributed by atoms with Crippen molar-refractivity contribution in [1.29, 1.82) is 5.26 Å². The first-order valence-electron chi connectivity index (χ1n) is 8.34. The van der Waals surface area contributed by atoms with Crippen molar-refractivity contribution in [3.8, 4) is 11.8 Å². The van der Waals surface area contributed by atoms with Gasteiger partial charge in [-0.2, -0.15) is 5.26 Å². The smallest absolute Gasteiger partial charge is 0.343 e. The number of carbonyl (C=O) groups is 1. The van der Waals surface area contributed by atoms with Crippen LogP contribution in [0.1, 0.15) is 25.8 Å². The molecule has 0 fully saturated rings. The topological polar surface area (TPSA) is 50.1 Å². The predicted octanol–water partition coefficient (Wildman–Crippen LogP) is 5.46. The maximum Gasteiger partial charge on any atom is 0.343 e. The summed E-state index contributed by atoms with van der Waals surface area (Å²) in [6.07, 6.45) is 13.8. The van der Waals surface area contributed by atoms with E-state index in [-0.39, 0.29) is 5.97 Å². The first-order valence-corrected chi connectivity index (χ1v) is 8.34. The Bertz CT molecular complexity index is 885. The fraction of sp³-hybridized carbons (Fsp3) is 0.130. The number of nitriles is 1. The fourth-order valence-electron chi connectivity index (χ4n) is 2.35. The van der Waals surface area contributed by atoms with Crippen LogP contribution in [0.2, 0.25) is 0 Å². The summed E-state index contributed by atoms with van der Waals surface area (Å²) in [5.74, 6) is 0.122. The minimum Gasteiger partial charge on any atom is -0.423 e. The monoisotopic (exact) mass is 343 g/mol. The Morgan fingerprint density at radius 1 is 1.19 bits per heavy atom. The van der Waals surface area contributed by atoms with Gasteiger partial charge in [0.15, 0.2) is 0 Å². The summed E-state index contributed by atoms with van der Waals surface area (Å²) in [7, 11) is 0. The second-order valence-electron chi connectivity index (χ2n) is 5.80. The van der Waals surface area contributed by atoms with Crippen LogP contribution in [0.4, 0.5) is 0 Å². The zero-order valence-corrected chi connectivity index (χ0v) is 15.0. The van der Waals surface area contributed by atoms with Crippen LogP contribution in [0.5, 0.6) is 5.75 Å². The molecule has 1 aliphatic carbocycles. The highest BCUT2D eigenvalue weighted by atomic mass is 16.5. The summed E-state index contributed by atoms with van der Waals surface area (Å²) < 4.78 is 5.45. The van der Waals surface area contributed by atoms with Gasteiger partial charge in [-0.15, -0.1) is 0 Å². The molecule has 0 saturated heterocycles. The molecule has 0 aromatic heterocycles. The molecular weight excluding hydrogens is 322 g/mol. The second-order valence-corrected chi connectivity index (χ2v) is 5.80. The number of nitrogens with zero attached hydrogens (tertiary/aromatic N) is 1. The minimum absolute atomic E-state index is 0.367. The summed E-state index contributed by atoms with van der Waals surface area (Å²) in [6, 6.07) is 9.25. The highest BCUT2D eigenvalue weighted by Crippen LogP contribution is 2.21. The number of rotatable bonds is 5. The molecule has 1 aromatic carbocycles. The van der Waals surface area contributed by atoms with Crippen molar-refractivity contribution in [3.05, 3.63) is 95.7 Å². The summed E-state index contributed by atoms with van der Waals surface area (Å²) >= 11 is 0. The Morgan fingerprint density at radius 3 is 2.58 bits per heavy atom. The Kier molecular flexibility index (Phi) is 6.70. The lowest BCUT2D eigenvalue weighted by atomic mass is 10.0. The highest BCUT2D eigenvalue weighted by Gasteiger charge is 2.10. The molecule has 0 spiro atoms. The standard InChI is InChI=1S/C23H21NO2/c1-4-19(10-9-18(3)16-24)20-12-14-22(15-13-20)26-23(25)21-7-5-6-17(2)8-11-21/h4,6-15H,3,5H2,1-2H3/b10-9-,19-4+. The van der Waals surface area contributed by atoms with Crippen molar-refractivity contribution in [2.75, 3.05) is 0 Å². The molecule has 130 valence electrons. The molecule has 0 atom stereocenters. The van der Waals surface area contributed by atoms with Gasteiger partial charge in [0.25, 0.3) is 0 Å². The van der Waals surface area contributed by atoms with Crippen molar-refractivity contribution in [2.24, 2.45) is 0 Å². The van der Waals surface area contributed by atoms with E-state index in [1.54, 1.807) is 24.3 Å². The van der Waals surface area contributed by atoms with Gasteiger partial charge in [-0.05, 0) is 55.7 Å². The molecule has 0 radical (unpaired) electrons. The third kappa shape index (κ3) is 5.32. The van der Waals surface area contributed by atoms with Crippen LogP contribution >= 0.6 is 0 Å². The molecule has 0 bridgehead atoms. The maximum atomic E-state index is 12.3. The lowest BCUT2D eigenvalue weighted by Gasteiger charge is -2.07. The lowest BCUT2D eigenvalue weighted by molar-refractivity contribution is -0.129. The van der Waals surface area contributed by atoms with Crippen molar-refractivity contribution >= 4 is 11.5 Å². The summed E-state index contributed by atoms with van der Waals surface area (Å²) in [4.78, 5) is 12.3. The first-order chi connectivity index (χ1) is 12.5. The highest BCUT2D eigenvalue weighted by molar-refractivity contribution is 5.93. The van der Waals surface area contributed by atoms with Gasteiger partial charge in [0, 0.05) is 5.57 Å². The average molecular weight is 343 g/mol. The van der Waals surface area contributed by atoms with E-state index in [4.69, 9.17) is 10.00 Å². The van der Waals surface area contributed by atoms with Crippen LogP contribution in [-0.4, -0.2) is 5.97 Å². The van der Waals surface area contributed by atoms with E-state index < -0.39 is 0 Å². The molecule has 0 saturated carbocycles. The van der Waals surface area contributed by atoms with Gasteiger partial charge in [0.05, 0.1) is 11.6 Å². The molecule has 0 aliphatic heterocycles. The van der Waals surface area contributed by atoms with E-state index >= 15 is 0 Å². The lowest BCUT2D eigenvalue weighted by Crippen LogP contribution is -2.09. The fourth-order valence-corrected chi connectivity index (χ4v) is 2.35. The molecule has 0 heterocycles. The van der Waals surface area contributed by atoms with E-state index in [0.717, 1.165) is 16.7 Å². The molecule has 26 heavy (non-hydrogen) atoms. The predicted molar refractivity (Wildman–Crippen MR) is 105 cm³/mol. The average Bonchev–Trinajstić information content (AvgIpc) is 2.87. The Labute approximate surface area is 154 Å². The van der Waals surface area contributed by atoms with E-state index in [1.165, 1.54) is 0 Å². The number of benzene rings is 1. The van der Waals surface area contributed by atoms with Gasteiger partial charge in [0.2, 0.25) is 0 Å². The van der Waals surface area contributed by atoms with Crippen molar-refractivity contribution in [3.63, 3.8) is 0 Å². The number of allylic oxidation sites excluding steroid dienone is 9. The Morgan fingerprint density at radius 2 is 1.92 bits per heavy atom. The zero-order valence-electron chi connectivity index (χ0n) is 15.0. The van der Waals surface area contributed by atoms with Crippen molar-refractivity contribution in [1.82, 2.24) is 0 Å². The maximum absolute atomic E-state index is 12.3. The normalized spacial score (nSPS) is 14.3. The van der Waals surface area contributed by atoms with Crippen LogP contribution in [0.3, 0.4) is 0 Å². The Hall–Kier alpha value is -3.38. The number of esters is 1. The third-order valence-corrected chi connectivity index (χ3v) is 3.86. The van der Waals surface area contributed by atoms with Gasteiger partial charge >= 0.3 is 5.97 Å². The van der Waals surface area contributed by atoms with Crippen LogP contribution in [0.15, 0.2) is 90.1 Å². The SMILES string of the molecule is C=C(C#N)/C=C\C(=C/C)c1ccc(OC(=O)C2=CCC=C(C)C=C2)cc1. The molecule has 2 rings (SSSR count). The molecule has 1 aliphatic rings. The molecule has 0 N–H and O–H groups in total.